The molecule has 13 heteroatoms. The van der Waals surface area contributed by atoms with Gasteiger partial charge in [-0.3, -0.25) is 0 Å². The predicted molar refractivity (Wildman–Crippen MR) is 198 cm³/mol. The molecule has 0 bridgehead atoms. The second kappa shape index (κ2) is 13.9. The quantitative estimate of drug-likeness (QED) is 0.116. The van der Waals surface area contributed by atoms with Crippen LogP contribution in [0.5, 0.6) is 0 Å². The number of benzene rings is 2. The van der Waals surface area contributed by atoms with Crippen LogP contribution >= 0.6 is 11.6 Å². The van der Waals surface area contributed by atoms with E-state index in [-0.39, 0.29) is 9.79 Å². The second-order valence-corrected chi connectivity index (χ2v) is 19.6. The number of rotatable bonds is 13. The van der Waals surface area contributed by atoms with Gasteiger partial charge in [0.25, 0.3) is 0 Å². The molecule has 10 nitrogen and oxygen atoms in total. The molecule has 0 atom stereocenters. The molecule has 2 heterocycles. The Kier molecular flexibility index (Phi) is 11.1. The van der Waals surface area contributed by atoms with Crippen molar-refractivity contribution in [3.05, 3.63) is 82.6 Å². The molecule has 0 saturated carbocycles. The normalized spacial score (nSPS) is 18.8. The van der Waals surface area contributed by atoms with Gasteiger partial charge in [-0.1, -0.05) is 25.4 Å². The van der Waals surface area contributed by atoms with E-state index in [0.717, 1.165) is 68.8 Å². The van der Waals surface area contributed by atoms with E-state index in [2.05, 4.69) is 51.8 Å². The Bertz CT molecular complexity index is 2000. The van der Waals surface area contributed by atoms with E-state index in [1.54, 1.807) is 12.1 Å². The van der Waals surface area contributed by atoms with Gasteiger partial charge >= 0.3 is 0 Å². The first-order chi connectivity index (χ1) is 22.7. The molecule has 0 fully saturated rings. The molecule has 0 amide bonds. The standard InChI is InChI=1S/C37H52ClN4O6S2/c1-36(2)30-25-28(49(43,44)45)15-17-32(30)39(21-11-23-41(5,6)7)34(36)19-13-27(38)14-20-35-37(3,4)31-26-29(50(46,47)48)16-18-33(31)40(35)22-12-24-42(8,9)10/h13-20,25-26H,11-12,21-24H2,1-10H3/q+1. The Hall–Kier alpha value is -2.84. The highest BCUT2D eigenvalue weighted by molar-refractivity contribution is 7.86. The molecule has 50 heavy (non-hydrogen) atoms. The van der Waals surface area contributed by atoms with E-state index in [9.17, 15) is 25.9 Å². The molecule has 0 aliphatic carbocycles. The molecule has 4 rings (SSSR count). The fourth-order valence-electron chi connectivity index (χ4n) is 6.88. The summed E-state index contributed by atoms with van der Waals surface area (Å²) in [6, 6.07) is 9.16. The molecule has 2 aromatic carbocycles. The van der Waals surface area contributed by atoms with Crippen LogP contribution in [0.4, 0.5) is 11.4 Å². The molecule has 0 unspecified atom stereocenters. The van der Waals surface area contributed by atoms with Crippen LogP contribution in [0.25, 0.3) is 0 Å². The van der Waals surface area contributed by atoms with Gasteiger partial charge in [0.2, 0.25) is 5.69 Å². The monoisotopic (exact) mass is 747 g/mol. The van der Waals surface area contributed by atoms with Crippen molar-refractivity contribution >= 4 is 48.9 Å². The molecule has 2 aliphatic rings. The summed E-state index contributed by atoms with van der Waals surface area (Å²) in [5.41, 5.74) is 3.86. The number of fused-ring (bicyclic) bond motifs is 2. The first-order valence-corrected chi connectivity index (χ1v) is 19.9. The molecule has 2 aromatic rings. The zero-order chi connectivity index (χ0) is 37.7. The lowest BCUT2D eigenvalue weighted by Crippen LogP contribution is -2.37. The summed E-state index contributed by atoms with van der Waals surface area (Å²) in [4.78, 5) is 1.67. The SMILES string of the molecule is CC1(C)C(/C=C/C(Cl)=C/C=C2/N(CCC[N+](C)(C)C)c3ccc(S(=O)(=O)[O-])cc3C2(C)C)=[N+](CCC[N+](C)(C)C)c2ccc(S(=O)(=O)[O-])cc21. The first kappa shape index (κ1) is 39.9. The summed E-state index contributed by atoms with van der Waals surface area (Å²) in [5, 5.41) is 0.451. The summed E-state index contributed by atoms with van der Waals surface area (Å²) in [5.74, 6) is 0. The van der Waals surface area contributed by atoms with Crippen LogP contribution in [0.3, 0.4) is 0 Å². The maximum atomic E-state index is 11.9. The summed E-state index contributed by atoms with van der Waals surface area (Å²) in [6.45, 7) is 11.3. The van der Waals surface area contributed by atoms with Crippen molar-refractivity contribution in [3.63, 3.8) is 0 Å². The number of hydrogen-bond acceptors (Lipinski definition) is 7. The third kappa shape index (κ3) is 8.96. The molecular formula is C37H52ClN4O6S2+. The van der Waals surface area contributed by atoms with Gasteiger partial charge in [0.15, 0.2) is 12.3 Å². The summed E-state index contributed by atoms with van der Waals surface area (Å²) < 4.78 is 75.3. The minimum Gasteiger partial charge on any atom is -0.744 e. The van der Waals surface area contributed by atoms with Gasteiger partial charge < -0.3 is 23.0 Å². The van der Waals surface area contributed by atoms with Gasteiger partial charge in [0.05, 0.1) is 77.0 Å². The number of halogens is 1. The van der Waals surface area contributed by atoms with Crippen molar-refractivity contribution in [1.82, 2.24) is 0 Å². The molecule has 2 aliphatic heterocycles. The number of hydrogen-bond donors (Lipinski definition) is 0. The van der Waals surface area contributed by atoms with Gasteiger partial charge in [-0.25, -0.2) is 16.8 Å². The number of nitrogens with zero attached hydrogens (tertiary/aromatic N) is 4. The molecule has 0 spiro atoms. The van der Waals surface area contributed by atoms with Crippen molar-refractivity contribution in [2.75, 3.05) is 73.4 Å². The highest BCUT2D eigenvalue weighted by Gasteiger charge is 2.45. The number of quaternary nitrogens is 2. The van der Waals surface area contributed by atoms with Crippen molar-refractivity contribution in [2.45, 2.75) is 61.2 Å². The summed E-state index contributed by atoms with van der Waals surface area (Å²) in [6.07, 6.45) is 9.29. The van der Waals surface area contributed by atoms with E-state index >= 15 is 0 Å². The lowest BCUT2D eigenvalue weighted by molar-refractivity contribution is -0.871. The highest BCUT2D eigenvalue weighted by atomic mass is 35.5. The van der Waals surface area contributed by atoms with E-state index in [1.807, 2.05) is 52.0 Å². The fraction of sp³-hybridized carbons (Fsp3) is 0.486. The van der Waals surface area contributed by atoms with E-state index in [0.29, 0.717) is 18.1 Å². The van der Waals surface area contributed by atoms with E-state index < -0.39 is 31.1 Å². The summed E-state index contributed by atoms with van der Waals surface area (Å²) >= 11 is 6.87. The molecule has 0 saturated heterocycles. The van der Waals surface area contributed by atoms with Crippen molar-refractivity contribution in [1.29, 1.82) is 0 Å². The van der Waals surface area contributed by atoms with Crippen LogP contribution in [0.1, 0.15) is 51.7 Å². The fourth-order valence-corrected chi connectivity index (χ4v) is 8.00. The van der Waals surface area contributed by atoms with Crippen LogP contribution in [-0.2, 0) is 31.1 Å². The zero-order valence-corrected chi connectivity index (χ0v) is 33.3. The third-order valence-electron chi connectivity index (χ3n) is 9.53. The third-order valence-corrected chi connectivity index (χ3v) is 11.4. The number of anilines is 1. The smallest absolute Gasteiger partial charge is 0.209 e. The Morgan fingerprint density at radius 2 is 1.36 bits per heavy atom. The minimum atomic E-state index is -4.63. The Morgan fingerprint density at radius 1 is 0.820 bits per heavy atom. The minimum absolute atomic E-state index is 0.253. The molecule has 0 aromatic heterocycles. The average Bonchev–Trinajstić information content (AvgIpc) is 3.30. The van der Waals surface area contributed by atoms with Crippen molar-refractivity contribution in [3.8, 4) is 0 Å². The average molecular weight is 748 g/mol. The molecule has 274 valence electrons. The maximum absolute atomic E-state index is 11.9. The van der Waals surface area contributed by atoms with E-state index in [1.165, 1.54) is 24.3 Å². The van der Waals surface area contributed by atoms with Crippen molar-refractivity contribution in [2.24, 2.45) is 0 Å². The van der Waals surface area contributed by atoms with Crippen LogP contribution < -0.4 is 4.90 Å². The van der Waals surface area contributed by atoms with Gasteiger partial charge in [-0.15, -0.1) is 0 Å². The van der Waals surface area contributed by atoms with Gasteiger partial charge in [-0.05, 0) is 68.0 Å². The largest absolute Gasteiger partial charge is 0.744 e. The van der Waals surface area contributed by atoms with Crippen molar-refractivity contribution < 1.29 is 39.5 Å². The molecular weight excluding hydrogens is 696 g/mol. The summed E-state index contributed by atoms with van der Waals surface area (Å²) in [7, 11) is 3.55. The van der Waals surface area contributed by atoms with Gasteiger partial charge in [0.1, 0.15) is 20.2 Å². The van der Waals surface area contributed by atoms with Crippen LogP contribution in [0, 0.1) is 0 Å². The van der Waals surface area contributed by atoms with Crippen LogP contribution in [-0.4, -0.2) is 114 Å². The Balaban J connectivity index is 1.74. The van der Waals surface area contributed by atoms with Gasteiger partial charge in [-0.2, -0.15) is 4.58 Å². The predicted octanol–water partition coefficient (Wildman–Crippen LogP) is 5.42. The Morgan fingerprint density at radius 3 is 1.92 bits per heavy atom. The second-order valence-electron chi connectivity index (χ2n) is 16.4. The topological polar surface area (TPSA) is 121 Å². The van der Waals surface area contributed by atoms with E-state index in [4.69, 9.17) is 11.6 Å². The number of allylic oxidation sites excluding steroid dienone is 6. The van der Waals surface area contributed by atoms with Crippen LogP contribution in [0.15, 0.2) is 81.2 Å². The molecule has 0 radical (unpaired) electrons. The Labute approximate surface area is 304 Å². The highest BCUT2D eigenvalue weighted by Crippen LogP contribution is 2.48. The lowest BCUT2D eigenvalue weighted by Gasteiger charge is -2.29. The molecule has 0 N–H and O–H groups in total. The van der Waals surface area contributed by atoms with Crippen LogP contribution in [0.2, 0.25) is 0 Å². The first-order valence-electron chi connectivity index (χ1n) is 16.7. The maximum Gasteiger partial charge on any atom is 0.209 e. The zero-order valence-electron chi connectivity index (χ0n) is 30.9. The lowest BCUT2D eigenvalue weighted by atomic mass is 9.81. The van der Waals surface area contributed by atoms with Gasteiger partial charge in [0, 0.05) is 52.5 Å².